The zero-order valence-corrected chi connectivity index (χ0v) is 17.4. The molecule has 2 atom stereocenters. The van der Waals surface area contributed by atoms with Crippen LogP contribution in [-0.4, -0.2) is 36.2 Å². The summed E-state index contributed by atoms with van der Waals surface area (Å²) in [5.74, 6) is 0.794. The van der Waals surface area contributed by atoms with Gasteiger partial charge in [-0.3, -0.25) is 14.5 Å². The van der Waals surface area contributed by atoms with Crippen LogP contribution in [-0.2, 0) is 4.74 Å². The first-order valence-electron chi connectivity index (χ1n) is 10.4. The quantitative estimate of drug-likeness (QED) is 0.419. The summed E-state index contributed by atoms with van der Waals surface area (Å²) in [5.41, 5.74) is 2.24. The second kappa shape index (κ2) is 9.70. The molecule has 0 saturated heterocycles. The number of hydrogen-bond donors (Lipinski definition) is 0. The second-order valence-corrected chi connectivity index (χ2v) is 7.33. The zero-order valence-electron chi connectivity index (χ0n) is 17.4. The number of amides is 2. The maximum atomic E-state index is 12.4. The summed E-state index contributed by atoms with van der Waals surface area (Å²) in [5, 5.41) is 0. The molecule has 2 amide bonds. The van der Waals surface area contributed by atoms with E-state index < -0.39 is 6.29 Å². The number of imide groups is 1. The van der Waals surface area contributed by atoms with E-state index in [-0.39, 0.29) is 25.0 Å². The van der Waals surface area contributed by atoms with Crippen LogP contribution in [0.15, 0.2) is 48.5 Å². The van der Waals surface area contributed by atoms with Gasteiger partial charge in [-0.15, -0.1) is 0 Å². The van der Waals surface area contributed by atoms with E-state index in [0.717, 1.165) is 12.2 Å². The van der Waals surface area contributed by atoms with Gasteiger partial charge in [0, 0.05) is 0 Å². The highest BCUT2D eigenvalue weighted by Gasteiger charge is 2.34. The Labute approximate surface area is 172 Å². The van der Waals surface area contributed by atoms with Crippen LogP contribution >= 0.6 is 0 Å². The van der Waals surface area contributed by atoms with Crippen LogP contribution in [0.2, 0.25) is 0 Å². The molecule has 0 spiro atoms. The van der Waals surface area contributed by atoms with E-state index in [1.807, 2.05) is 19.1 Å². The number of carbonyl (C=O) groups is 2. The first-order chi connectivity index (χ1) is 14.0. The van der Waals surface area contributed by atoms with Gasteiger partial charge < -0.3 is 9.47 Å². The van der Waals surface area contributed by atoms with Gasteiger partial charge in [-0.2, -0.15) is 0 Å². The summed E-state index contributed by atoms with van der Waals surface area (Å²) in [7, 11) is 0. The minimum Gasteiger partial charge on any atom is -0.465 e. The average Bonchev–Trinajstić information content (AvgIpc) is 2.98. The van der Waals surface area contributed by atoms with E-state index in [9.17, 15) is 9.59 Å². The van der Waals surface area contributed by atoms with Crippen LogP contribution in [0.1, 0.15) is 72.2 Å². The average molecular weight is 395 g/mol. The van der Waals surface area contributed by atoms with Crippen LogP contribution < -0.4 is 4.74 Å². The summed E-state index contributed by atoms with van der Waals surface area (Å²) in [4.78, 5) is 25.9. The van der Waals surface area contributed by atoms with Gasteiger partial charge in [0.25, 0.3) is 11.8 Å². The summed E-state index contributed by atoms with van der Waals surface area (Å²) in [6, 6.07) is 15.0. The molecule has 2 aromatic rings. The fourth-order valence-electron chi connectivity index (χ4n) is 3.75. The number of fused-ring (bicyclic) bond motifs is 1. The molecular formula is C24H29NO4. The van der Waals surface area contributed by atoms with Crippen LogP contribution in [0, 0.1) is 0 Å². The van der Waals surface area contributed by atoms with Gasteiger partial charge >= 0.3 is 0 Å². The van der Waals surface area contributed by atoms with Gasteiger partial charge in [-0.1, -0.05) is 44.5 Å². The second-order valence-electron chi connectivity index (χ2n) is 7.33. The van der Waals surface area contributed by atoms with Crippen molar-refractivity contribution in [2.45, 2.75) is 52.2 Å². The lowest BCUT2D eigenvalue weighted by molar-refractivity contribution is -0.0689. The van der Waals surface area contributed by atoms with Crippen molar-refractivity contribution in [3.05, 3.63) is 65.2 Å². The van der Waals surface area contributed by atoms with Crippen LogP contribution in [0.25, 0.3) is 0 Å². The summed E-state index contributed by atoms with van der Waals surface area (Å²) in [6.07, 6.45) is 3.02. The third-order valence-electron chi connectivity index (χ3n) is 5.33. The van der Waals surface area contributed by atoms with E-state index in [4.69, 9.17) is 9.47 Å². The maximum absolute atomic E-state index is 12.4. The van der Waals surface area contributed by atoms with Crippen molar-refractivity contribution in [2.24, 2.45) is 0 Å². The normalized spacial score (nSPS) is 15.3. The van der Waals surface area contributed by atoms with Crippen molar-refractivity contribution >= 4 is 11.8 Å². The molecule has 0 aromatic heterocycles. The standard InChI is InChI=1S/C24H29NO4/c1-4-8-18(5-2)19-11-13-20(14-12-19)29-17(3)28-16-15-25-23(26)21-9-6-7-10-22(21)24(25)27/h6-7,9-14,17-18H,4-5,8,15-16H2,1-3H3. The molecule has 5 heteroatoms. The highest BCUT2D eigenvalue weighted by atomic mass is 16.7. The monoisotopic (exact) mass is 395 g/mol. The van der Waals surface area contributed by atoms with E-state index in [0.29, 0.717) is 17.0 Å². The molecule has 5 nitrogen and oxygen atoms in total. The van der Waals surface area contributed by atoms with E-state index in [2.05, 4.69) is 26.0 Å². The first-order valence-corrected chi connectivity index (χ1v) is 10.4. The van der Waals surface area contributed by atoms with Crippen molar-refractivity contribution in [1.29, 1.82) is 0 Å². The number of rotatable bonds is 10. The van der Waals surface area contributed by atoms with Crippen molar-refractivity contribution < 1.29 is 19.1 Å². The Bertz CT molecular complexity index is 811. The third kappa shape index (κ3) is 4.85. The van der Waals surface area contributed by atoms with E-state index in [1.165, 1.54) is 23.3 Å². The Morgan fingerprint density at radius 3 is 2.10 bits per heavy atom. The van der Waals surface area contributed by atoms with Crippen molar-refractivity contribution in [2.75, 3.05) is 13.2 Å². The Kier molecular flexibility index (Phi) is 7.04. The lowest BCUT2D eigenvalue weighted by Gasteiger charge is -2.19. The molecule has 0 N–H and O–H groups in total. The molecule has 2 aromatic carbocycles. The van der Waals surface area contributed by atoms with E-state index >= 15 is 0 Å². The van der Waals surface area contributed by atoms with Gasteiger partial charge in [0.2, 0.25) is 0 Å². The largest absolute Gasteiger partial charge is 0.465 e. The smallest absolute Gasteiger partial charge is 0.261 e. The van der Waals surface area contributed by atoms with Gasteiger partial charge in [0.05, 0.1) is 24.3 Å². The van der Waals surface area contributed by atoms with Crippen molar-refractivity contribution in [1.82, 2.24) is 4.90 Å². The van der Waals surface area contributed by atoms with Gasteiger partial charge in [-0.05, 0) is 55.5 Å². The molecule has 0 fully saturated rings. The van der Waals surface area contributed by atoms with Gasteiger partial charge in [0.1, 0.15) is 5.75 Å². The van der Waals surface area contributed by atoms with Crippen LogP contribution in [0.5, 0.6) is 5.75 Å². The van der Waals surface area contributed by atoms with Crippen LogP contribution in [0.3, 0.4) is 0 Å². The predicted molar refractivity (Wildman–Crippen MR) is 112 cm³/mol. The molecule has 1 aliphatic rings. The number of ether oxygens (including phenoxy) is 2. The minimum atomic E-state index is -0.478. The molecule has 3 rings (SSSR count). The van der Waals surface area contributed by atoms with Crippen molar-refractivity contribution in [3.8, 4) is 5.75 Å². The maximum Gasteiger partial charge on any atom is 0.261 e. The molecule has 1 heterocycles. The molecular weight excluding hydrogens is 366 g/mol. The first kappa shape index (κ1) is 21.1. The van der Waals surface area contributed by atoms with Gasteiger partial charge in [0.15, 0.2) is 6.29 Å². The van der Waals surface area contributed by atoms with Crippen LogP contribution in [0.4, 0.5) is 0 Å². The molecule has 29 heavy (non-hydrogen) atoms. The molecule has 0 radical (unpaired) electrons. The van der Waals surface area contributed by atoms with Gasteiger partial charge in [-0.25, -0.2) is 0 Å². The van der Waals surface area contributed by atoms with E-state index in [1.54, 1.807) is 24.3 Å². The predicted octanol–water partition coefficient (Wildman–Crippen LogP) is 5.02. The summed E-state index contributed by atoms with van der Waals surface area (Å²) < 4.78 is 11.5. The summed E-state index contributed by atoms with van der Waals surface area (Å²) in [6.45, 7) is 6.66. The molecule has 2 unspecified atom stereocenters. The Morgan fingerprint density at radius 1 is 0.931 bits per heavy atom. The summed E-state index contributed by atoms with van der Waals surface area (Å²) >= 11 is 0. The minimum absolute atomic E-state index is 0.203. The topological polar surface area (TPSA) is 55.8 Å². The number of nitrogens with zero attached hydrogens (tertiary/aromatic N) is 1. The fraction of sp³-hybridized carbons (Fsp3) is 0.417. The molecule has 0 bridgehead atoms. The highest BCUT2D eigenvalue weighted by molar-refractivity contribution is 6.21. The Morgan fingerprint density at radius 2 is 1.55 bits per heavy atom. The SMILES string of the molecule is CCCC(CC)c1ccc(OC(C)OCCN2C(=O)c3ccccc3C2=O)cc1. The molecule has 0 aliphatic carbocycles. The van der Waals surface area contributed by atoms with Crippen molar-refractivity contribution in [3.63, 3.8) is 0 Å². The fourth-order valence-corrected chi connectivity index (χ4v) is 3.75. The lowest BCUT2D eigenvalue weighted by atomic mass is 9.92. The Hall–Kier alpha value is -2.66. The number of benzene rings is 2. The number of hydrogen-bond acceptors (Lipinski definition) is 4. The molecule has 154 valence electrons. The highest BCUT2D eigenvalue weighted by Crippen LogP contribution is 2.27. The lowest BCUT2D eigenvalue weighted by Crippen LogP contribution is -2.34. The zero-order chi connectivity index (χ0) is 20.8. The third-order valence-corrected chi connectivity index (χ3v) is 5.33. The molecule has 0 saturated carbocycles. The molecule has 1 aliphatic heterocycles. The number of carbonyl (C=O) groups excluding carboxylic acids is 2. The Balaban J connectivity index is 1.48.